The lowest BCUT2D eigenvalue weighted by molar-refractivity contribution is 0.263. The number of hydrogen-bond donors (Lipinski definition) is 1. The van der Waals surface area contributed by atoms with Gasteiger partial charge in [0.25, 0.3) is 5.56 Å². The average molecular weight is 258 g/mol. The van der Waals surface area contributed by atoms with Crippen molar-refractivity contribution in [2.45, 2.75) is 32.4 Å². The number of hydrogen-bond acceptors (Lipinski definition) is 3. The molecule has 0 aliphatic heterocycles. The molecule has 1 aliphatic carbocycles. The van der Waals surface area contributed by atoms with E-state index in [1.807, 2.05) is 0 Å². The fraction of sp³-hybridized carbons (Fsp3) is 0.636. The van der Waals surface area contributed by atoms with Crippen molar-refractivity contribution in [1.82, 2.24) is 14.5 Å². The molecular weight excluding hydrogens is 242 g/mol. The predicted molar refractivity (Wildman–Crippen MR) is 66.6 cm³/mol. The molecule has 5 nitrogen and oxygen atoms in total. The van der Waals surface area contributed by atoms with Crippen molar-refractivity contribution >= 4 is 11.6 Å². The third-order valence-electron chi connectivity index (χ3n) is 3.07. The molecule has 0 radical (unpaired) electrons. The predicted octanol–water partition coefficient (Wildman–Crippen LogP) is 0.674. The van der Waals surface area contributed by atoms with Gasteiger partial charge >= 0.3 is 5.69 Å². The zero-order chi connectivity index (χ0) is 12.4. The van der Waals surface area contributed by atoms with Gasteiger partial charge in [0, 0.05) is 25.2 Å². The average Bonchev–Trinajstić information content (AvgIpc) is 3.06. The maximum absolute atomic E-state index is 11.6. The number of halogens is 1. The van der Waals surface area contributed by atoms with E-state index in [4.69, 9.17) is 11.6 Å². The van der Waals surface area contributed by atoms with E-state index in [-0.39, 0.29) is 10.7 Å². The molecule has 17 heavy (non-hydrogen) atoms. The molecule has 1 aromatic heterocycles. The molecule has 0 bridgehead atoms. The van der Waals surface area contributed by atoms with E-state index >= 15 is 0 Å². The number of aromatic amines is 1. The van der Waals surface area contributed by atoms with Crippen LogP contribution in [-0.4, -0.2) is 33.6 Å². The van der Waals surface area contributed by atoms with Gasteiger partial charge in [0.05, 0.1) is 0 Å². The Bertz CT molecular complexity index is 473. The van der Waals surface area contributed by atoms with E-state index in [1.54, 1.807) is 0 Å². The molecule has 6 heteroatoms. The Kier molecular flexibility index (Phi) is 3.69. The van der Waals surface area contributed by atoms with Crippen molar-refractivity contribution in [2.75, 3.05) is 13.1 Å². The number of nitrogens with one attached hydrogen (secondary N) is 1. The summed E-state index contributed by atoms with van der Waals surface area (Å²) in [6.45, 7) is 4.18. The van der Waals surface area contributed by atoms with Crippen LogP contribution in [0.25, 0.3) is 0 Å². The normalized spacial score (nSPS) is 15.5. The number of nitrogens with zero attached hydrogens (tertiary/aromatic N) is 2. The van der Waals surface area contributed by atoms with Gasteiger partial charge in [0.15, 0.2) is 0 Å². The lowest BCUT2D eigenvalue weighted by atomic mass is 10.4. The molecule has 0 saturated heterocycles. The van der Waals surface area contributed by atoms with Crippen molar-refractivity contribution in [3.8, 4) is 0 Å². The van der Waals surface area contributed by atoms with Crippen molar-refractivity contribution in [1.29, 1.82) is 0 Å². The van der Waals surface area contributed by atoms with Crippen LogP contribution in [0, 0.1) is 0 Å². The summed E-state index contributed by atoms with van der Waals surface area (Å²) in [5.41, 5.74) is -0.778. The molecule has 0 spiro atoms. The van der Waals surface area contributed by atoms with Gasteiger partial charge in [-0.2, -0.15) is 0 Å². The lowest BCUT2D eigenvalue weighted by Gasteiger charge is -2.19. The standard InChI is InChI=1S/C11H16ClN3O2/c1-2-14(8-3-4-8)5-6-15-10(16)7-9(12)13-11(15)17/h7-8H,2-6H2,1H3,(H,13,17). The highest BCUT2D eigenvalue weighted by atomic mass is 35.5. The minimum Gasteiger partial charge on any atom is -0.299 e. The van der Waals surface area contributed by atoms with Gasteiger partial charge in [-0.05, 0) is 19.4 Å². The fourth-order valence-electron chi connectivity index (χ4n) is 1.97. The van der Waals surface area contributed by atoms with Crippen LogP contribution in [-0.2, 0) is 6.54 Å². The summed E-state index contributed by atoms with van der Waals surface area (Å²) >= 11 is 5.59. The van der Waals surface area contributed by atoms with Crippen LogP contribution in [0.1, 0.15) is 19.8 Å². The van der Waals surface area contributed by atoms with Gasteiger partial charge in [-0.1, -0.05) is 18.5 Å². The third kappa shape index (κ3) is 2.98. The first-order valence-electron chi connectivity index (χ1n) is 5.85. The van der Waals surface area contributed by atoms with Crippen LogP contribution in [0.15, 0.2) is 15.7 Å². The van der Waals surface area contributed by atoms with Gasteiger partial charge in [0.2, 0.25) is 0 Å². The number of H-pyrrole nitrogens is 1. The van der Waals surface area contributed by atoms with E-state index in [2.05, 4.69) is 16.8 Å². The van der Waals surface area contributed by atoms with Crippen LogP contribution in [0.3, 0.4) is 0 Å². The summed E-state index contributed by atoms with van der Waals surface area (Å²) in [5.74, 6) is 0. The Morgan fingerprint density at radius 1 is 1.53 bits per heavy atom. The van der Waals surface area contributed by atoms with Crippen LogP contribution < -0.4 is 11.2 Å². The second-order valence-electron chi connectivity index (χ2n) is 4.27. The van der Waals surface area contributed by atoms with E-state index < -0.39 is 5.69 Å². The Morgan fingerprint density at radius 2 is 2.24 bits per heavy atom. The second-order valence-corrected chi connectivity index (χ2v) is 4.68. The van der Waals surface area contributed by atoms with Gasteiger partial charge in [-0.15, -0.1) is 0 Å². The topological polar surface area (TPSA) is 58.1 Å². The maximum Gasteiger partial charge on any atom is 0.329 e. The Labute approximate surface area is 104 Å². The third-order valence-corrected chi connectivity index (χ3v) is 3.27. The molecule has 94 valence electrons. The number of likely N-dealkylation sites (N-methyl/N-ethyl adjacent to an activating group) is 1. The number of rotatable bonds is 5. The summed E-state index contributed by atoms with van der Waals surface area (Å²) in [4.78, 5) is 27.9. The van der Waals surface area contributed by atoms with Crippen LogP contribution in [0.4, 0.5) is 0 Å². The summed E-state index contributed by atoms with van der Waals surface area (Å²) in [6, 6.07) is 1.87. The van der Waals surface area contributed by atoms with Crippen molar-refractivity contribution in [3.63, 3.8) is 0 Å². The lowest BCUT2D eigenvalue weighted by Crippen LogP contribution is -2.39. The Morgan fingerprint density at radius 3 is 2.76 bits per heavy atom. The molecule has 0 unspecified atom stereocenters. The van der Waals surface area contributed by atoms with Crippen LogP contribution in [0.5, 0.6) is 0 Å². The highest BCUT2D eigenvalue weighted by Gasteiger charge is 2.27. The summed E-state index contributed by atoms with van der Waals surface area (Å²) < 4.78 is 1.19. The Balaban J connectivity index is 2.08. The smallest absolute Gasteiger partial charge is 0.299 e. The molecule has 1 N–H and O–H groups in total. The van der Waals surface area contributed by atoms with Crippen LogP contribution in [0.2, 0.25) is 5.15 Å². The SMILES string of the molecule is CCN(CCn1c(=O)cc(Cl)[nH]c1=O)C1CC1. The first-order chi connectivity index (χ1) is 8.11. The van der Waals surface area contributed by atoms with Gasteiger partial charge in [-0.25, -0.2) is 4.79 Å². The molecule has 1 aromatic rings. The van der Waals surface area contributed by atoms with Crippen molar-refractivity contribution in [3.05, 3.63) is 32.1 Å². The van der Waals surface area contributed by atoms with E-state index in [0.29, 0.717) is 12.6 Å². The monoisotopic (exact) mass is 257 g/mol. The van der Waals surface area contributed by atoms with E-state index in [1.165, 1.54) is 23.5 Å². The largest absolute Gasteiger partial charge is 0.329 e. The first kappa shape index (κ1) is 12.4. The quantitative estimate of drug-likeness (QED) is 0.789. The summed E-state index contributed by atoms with van der Waals surface area (Å²) in [7, 11) is 0. The summed E-state index contributed by atoms with van der Waals surface area (Å²) in [5, 5.41) is 0.0887. The van der Waals surface area contributed by atoms with Crippen LogP contribution >= 0.6 is 11.6 Å². The first-order valence-corrected chi connectivity index (χ1v) is 6.23. The minimum absolute atomic E-state index is 0.0887. The van der Waals surface area contributed by atoms with E-state index in [0.717, 1.165) is 13.1 Å². The van der Waals surface area contributed by atoms with Crippen molar-refractivity contribution in [2.24, 2.45) is 0 Å². The minimum atomic E-state index is -0.436. The number of aromatic nitrogens is 2. The van der Waals surface area contributed by atoms with Crippen molar-refractivity contribution < 1.29 is 0 Å². The van der Waals surface area contributed by atoms with Gasteiger partial charge in [0.1, 0.15) is 5.15 Å². The molecule has 1 heterocycles. The molecule has 0 amide bonds. The van der Waals surface area contributed by atoms with Gasteiger partial charge in [-0.3, -0.25) is 19.2 Å². The molecule has 1 saturated carbocycles. The highest BCUT2D eigenvalue weighted by molar-refractivity contribution is 6.29. The molecule has 2 rings (SSSR count). The second kappa shape index (κ2) is 5.06. The fourth-order valence-corrected chi connectivity index (χ4v) is 2.15. The zero-order valence-electron chi connectivity index (χ0n) is 9.78. The maximum atomic E-state index is 11.6. The van der Waals surface area contributed by atoms with E-state index in [9.17, 15) is 9.59 Å². The molecule has 0 atom stereocenters. The molecule has 1 fully saturated rings. The zero-order valence-corrected chi connectivity index (χ0v) is 10.5. The molecular formula is C11H16ClN3O2. The molecule has 1 aliphatic rings. The van der Waals surface area contributed by atoms with Gasteiger partial charge < -0.3 is 0 Å². The Hall–Kier alpha value is -1.07. The highest BCUT2D eigenvalue weighted by Crippen LogP contribution is 2.25. The molecule has 0 aromatic carbocycles. The summed E-state index contributed by atoms with van der Waals surface area (Å²) in [6.07, 6.45) is 2.44.